The Kier molecular flexibility index (Phi) is 7.53. The Hall–Kier alpha value is -6.78. The van der Waals surface area contributed by atoms with Crippen molar-refractivity contribution in [2.45, 2.75) is 96.8 Å². The molecule has 2 aliphatic carbocycles. The Morgan fingerprint density at radius 3 is 2.00 bits per heavy atom. The zero-order valence-electron chi connectivity index (χ0n) is 40.2. The van der Waals surface area contributed by atoms with Crippen LogP contribution in [0.25, 0.3) is 82.5 Å². The summed E-state index contributed by atoms with van der Waals surface area (Å²) in [5.74, 6) is 0. The van der Waals surface area contributed by atoms with Crippen molar-refractivity contribution in [2.24, 2.45) is 0 Å². The summed E-state index contributed by atoms with van der Waals surface area (Å²) >= 11 is 0. The smallest absolute Gasteiger partial charge is 0.329 e. The number of aromatic nitrogens is 1. The van der Waals surface area contributed by atoms with Gasteiger partial charge in [0.1, 0.15) is 5.58 Å². The molecule has 4 heteroatoms. The molecule has 0 radical (unpaired) electrons. The van der Waals surface area contributed by atoms with Crippen molar-refractivity contribution in [3.8, 4) is 22.3 Å². The summed E-state index contributed by atoms with van der Waals surface area (Å²) in [7, 11) is 0. The van der Waals surface area contributed by atoms with E-state index < -0.39 is 0 Å². The van der Waals surface area contributed by atoms with Crippen molar-refractivity contribution in [1.82, 2.24) is 4.48 Å². The molecule has 0 saturated heterocycles. The number of benzene rings is 8. The van der Waals surface area contributed by atoms with E-state index in [2.05, 4.69) is 217 Å². The van der Waals surface area contributed by atoms with Gasteiger partial charge in [-0.3, -0.25) is 0 Å². The van der Waals surface area contributed by atoms with Crippen LogP contribution in [0.4, 0.5) is 11.4 Å². The predicted octanol–water partition coefficient (Wildman–Crippen LogP) is 16.3. The predicted molar refractivity (Wildman–Crippen MR) is 285 cm³/mol. The first-order chi connectivity index (χ1) is 32.1. The minimum atomic E-state index is -0.345. The molecule has 0 saturated carbocycles. The Bertz CT molecular complexity index is 3890. The fourth-order valence-corrected chi connectivity index (χ4v) is 13.3. The Labute approximate surface area is 393 Å². The number of anilines is 2. The molecule has 0 spiro atoms. The van der Waals surface area contributed by atoms with Crippen LogP contribution in [0.1, 0.15) is 103 Å². The van der Waals surface area contributed by atoms with Crippen molar-refractivity contribution < 1.29 is 4.42 Å². The van der Waals surface area contributed by atoms with E-state index in [0.29, 0.717) is 0 Å². The van der Waals surface area contributed by atoms with E-state index in [0.717, 1.165) is 34.0 Å². The number of furan rings is 1. The molecule has 4 aliphatic rings. The van der Waals surface area contributed by atoms with Gasteiger partial charge in [-0.25, -0.2) is 0 Å². The van der Waals surface area contributed by atoms with Crippen molar-refractivity contribution in [2.75, 3.05) is 4.90 Å². The molecule has 2 aromatic heterocycles. The Balaban J connectivity index is 1.22. The van der Waals surface area contributed by atoms with Crippen LogP contribution >= 0.6 is 0 Å². The molecule has 10 aromatic rings. The highest BCUT2D eigenvalue weighted by Gasteiger charge is 2.55. The van der Waals surface area contributed by atoms with Crippen LogP contribution < -0.4 is 10.4 Å². The van der Waals surface area contributed by atoms with Gasteiger partial charge in [0.15, 0.2) is 5.58 Å². The van der Waals surface area contributed by atoms with Gasteiger partial charge in [-0.15, -0.1) is 0 Å². The lowest BCUT2D eigenvalue weighted by atomic mass is 9.40. The first kappa shape index (κ1) is 39.4. The second kappa shape index (κ2) is 12.8. The first-order valence-corrected chi connectivity index (χ1v) is 24.5. The van der Waals surface area contributed by atoms with Crippen molar-refractivity contribution in [1.29, 1.82) is 0 Å². The highest BCUT2D eigenvalue weighted by molar-refractivity contribution is 6.86. The molecular weight excluding hydrogens is 812 g/mol. The number of hydrogen-bond donors (Lipinski definition) is 0. The lowest BCUT2D eigenvalue weighted by Crippen LogP contribution is -2.52. The summed E-state index contributed by atoms with van der Waals surface area (Å²) in [6, 6.07) is 55.7. The SMILES string of the molecule is CC(C)(C)c1ccc(N2C3=C(B4c5c(cc6c(oc7ccccc76)c52)-c2cccc5c6cc7ccccc7cc6n4c25)C(C)(C)c2cc4c(cc23)C(C)(C)CCC4(C)C)c(-c2ccccc2)c1. The van der Waals surface area contributed by atoms with Gasteiger partial charge in [0.2, 0.25) is 0 Å². The molecule has 67 heavy (non-hydrogen) atoms. The summed E-state index contributed by atoms with van der Waals surface area (Å²) in [6.45, 7) is 21.9. The lowest BCUT2D eigenvalue weighted by molar-refractivity contribution is 0.331. The van der Waals surface area contributed by atoms with Crippen LogP contribution in [0.2, 0.25) is 0 Å². The molecule has 0 amide bonds. The van der Waals surface area contributed by atoms with Crippen LogP contribution in [-0.2, 0) is 21.7 Å². The quantitative estimate of drug-likeness (QED) is 0.161. The minimum absolute atomic E-state index is 0.0289. The number of nitrogens with zero attached hydrogens (tertiary/aromatic N) is 2. The second-order valence-electron chi connectivity index (χ2n) is 23.1. The molecule has 3 nitrogen and oxygen atoms in total. The van der Waals surface area contributed by atoms with Gasteiger partial charge in [0.25, 0.3) is 0 Å². The van der Waals surface area contributed by atoms with E-state index >= 15 is 0 Å². The lowest BCUT2D eigenvalue weighted by Gasteiger charge is -2.43. The molecule has 0 fully saturated rings. The van der Waals surface area contributed by atoms with Gasteiger partial charge in [0, 0.05) is 60.4 Å². The van der Waals surface area contributed by atoms with Crippen LogP contribution in [0.15, 0.2) is 155 Å². The number of allylic oxidation sites excluding steroid dienone is 1. The van der Waals surface area contributed by atoms with E-state index in [1.165, 1.54) is 111 Å². The standard InChI is InChI=1S/C63H55BN2O/c1-60(2,3)39-26-27-51(43(32-39)36-18-11-10-12-19-36)65-56-47-34-49-50(62(6,7)29-28-61(49,4)5)35-48(47)63(8,9)59(56)64-54-45(33-46-40-22-15-16-25-53(40)67-58(46)57(54)65)42-24-17-23-41-44-30-37-20-13-14-21-38(37)31-52(44)66(64)55(41)42/h10-27,30-35H,28-29H2,1-9H3. The monoisotopic (exact) mass is 866 g/mol. The molecule has 326 valence electrons. The van der Waals surface area contributed by atoms with Crippen LogP contribution in [0, 0.1) is 0 Å². The van der Waals surface area contributed by atoms with Crippen molar-refractivity contribution in [3.63, 3.8) is 0 Å². The fraction of sp³-hybridized carbons (Fsp3) is 0.238. The topological polar surface area (TPSA) is 21.3 Å². The highest BCUT2D eigenvalue weighted by atomic mass is 16.3. The molecule has 2 aliphatic heterocycles. The number of hydrogen-bond acceptors (Lipinski definition) is 2. The van der Waals surface area contributed by atoms with E-state index in [9.17, 15) is 0 Å². The molecule has 4 heterocycles. The summed E-state index contributed by atoms with van der Waals surface area (Å²) in [5.41, 5.74) is 22.6. The molecule has 0 bridgehead atoms. The van der Waals surface area contributed by atoms with Crippen LogP contribution in [-0.4, -0.2) is 11.3 Å². The molecule has 0 N–H and O–H groups in total. The molecular formula is C63H55BN2O. The zero-order chi connectivity index (χ0) is 45.7. The summed E-state index contributed by atoms with van der Waals surface area (Å²) in [6.07, 6.45) is 2.33. The van der Waals surface area contributed by atoms with Crippen LogP contribution in [0.5, 0.6) is 0 Å². The van der Waals surface area contributed by atoms with Gasteiger partial charge in [-0.2, -0.15) is 0 Å². The number of para-hydroxylation sites is 2. The summed E-state index contributed by atoms with van der Waals surface area (Å²) in [4.78, 5) is 2.71. The van der Waals surface area contributed by atoms with Gasteiger partial charge < -0.3 is 13.8 Å². The maximum absolute atomic E-state index is 7.35. The average Bonchev–Trinajstić information content (AvgIpc) is 3.93. The van der Waals surface area contributed by atoms with Crippen LogP contribution in [0.3, 0.4) is 0 Å². The zero-order valence-corrected chi connectivity index (χ0v) is 40.2. The Morgan fingerprint density at radius 2 is 1.24 bits per heavy atom. The second-order valence-corrected chi connectivity index (χ2v) is 23.1. The fourth-order valence-electron chi connectivity index (χ4n) is 13.3. The third kappa shape index (κ3) is 5.09. The number of fused-ring (bicyclic) bond motifs is 14. The van der Waals surface area contributed by atoms with Gasteiger partial charge in [-0.05, 0) is 127 Å². The first-order valence-electron chi connectivity index (χ1n) is 24.5. The van der Waals surface area contributed by atoms with E-state index in [1.807, 2.05) is 0 Å². The van der Waals surface area contributed by atoms with E-state index in [1.54, 1.807) is 0 Å². The molecule has 0 atom stereocenters. The Morgan fingerprint density at radius 1 is 0.552 bits per heavy atom. The summed E-state index contributed by atoms with van der Waals surface area (Å²) in [5, 5.41) is 7.45. The number of rotatable bonds is 2. The average molecular weight is 867 g/mol. The van der Waals surface area contributed by atoms with Gasteiger partial charge in [-0.1, -0.05) is 165 Å². The maximum Gasteiger partial charge on any atom is 0.329 e. The van der Waals surface area contributed by atoms with E-state index in [-0.39, 0.29) is 28.5 Å². The highest BCUT2D eigenvalue weighted by Crippen LogP contribution is 2.61. The molecule has 14 rings (SSSR count). The van der Waals surface area contributed by atoms with Gasteiger partial charge in [0.05, 0.1) is 11.4 Å². The van der Waals surface area contributed by atoms with Crippen molar-refractivity contribution in [3.05, 3.63) is 179 Å². The summed E-state index contributed by atoms with van der Waals surface area (Å²) < 4.78 is 10.1. The maximum atomic E-state index is 7.35. The van der Waals surface area contributed by atoms with E-state index in [4.69, 9.17) is 4.42 Å². The van der Waals surface area contributed by atoms with Gasteiger partial charge >= 0.3 is 6.85 Å². The molecule has 0 unspecified atom stereocenters. The third-order valence-corrected chi connectivity index (χ3v) is 17.0. The largest absolute Gasteiger partial charge is 0.454 e. The third-order valence-electron chi connectivity index (χ3n) is 17.0. The minimum Gasteiger partial charge on any atom is -0.454 e. The molecule has 8 aromatic carbocycles. The normalized spacial score (nSPS) is 17.4. The van der Waals surface area contributed by atoms with Crippen molar-refractivity contribution >= 4 is 83.9 Å².